The van der Waals surface area contributed by atoms with Crippen molar-refractivity contribution in [2.24, 2.45) is 16.7 Å². The van der Waals surface area contributed by atoms with Gasteiger partial charge >= 0.3 is 5.97 Å². The number of hydrogen-bond acceptors (Lipinski definition) is 3. The highest BCUT2D eigenvalue weighted by atomic mass is 16.5. The second kappa shape index (κ2) is 9.42. The summed E-state index contributed by atoms with van der Waals surface area (Å²) in [4.78, 5) is 24.7. The zero-order valence-electron chi connectivity index (χ0n) is 19.7. The summed E-state index contributed by atoms with van der Waals surface area (Å²) >= 11 is 0. The summed E-state index contributed by atoms with van der Waals surface area (Å²) < 4.78 is 7.13. The molecule has 0 radical (unpaired) electrons. The minimum Gasteiger partial charge on any atom is -0.463 e. The number of nitrogens with zero attached hydrogens (tertiary/aromatic N) is 1. The number of carbonyl (C=O) groups excluding carboxylic acids is 2. The Kier molecular flexibility index (Phi) is 7.08. The van der Waals surface area contributed by atoms with Crippen LogP contribution >= 0.6 is 0 Å². The summed E-state index contributed by atoms with van der Waals surface area (Å²) in [7, 11) is 0. The second-order valence-electron chi connectivity index (χ2n) is 9.85. The van der Waals surface area contributed by atoms with Gasteiger partial charge in [0, 0.05) is 41.2 Å². The molecule has 168 valence electrons. The molecule has 0 saturated heterocycles. The number of hydrogen-bond donors (Lipinski definition) is 0. The Morgan fingerprint density at radius 2 is 1.71 bits per heavy atom. The number of benzene rings is 1. The van der Waals surface area contributed by atoms with E-state index in [1.807, 2.05) is 25.1 Å². The van der Waals surface area contributed by atoms with E-state index in [4.69, 9.17) is 4.74 Å². The summed E-state index contributed by atoms with van der Waals surface area (Å²) in [6.45, 7) is 12.0. The molecule has 1 heterocycles. The van der Waals surface area contributed by atoms with Crippen LogP contribution in [0.3, 0.4) is 0 Å². The Hall–Kier alpha value is -2.36. The van der Waals surface area contributed by atoms with Crippen molar-refractivity contribution in [1.82, 2.24) is 4.57 Å². The third-order valence-electron chi connectivity index (χ3n) is 7.40. The van der Waals surface area contributed by atoms with Gasteiger partial charge in [0.05, 0.1) is 6.61 Å². The number of ether oxygens (including phenoxy) is 1. The van der Waals surface area contributed by atoms with Gasteiger partial charge in [0.25, 0.3) is 0 Å². The van der Waals surface area contributed by atoms with Crippen LogP contribution in [-0.4, -0.2) is 22.9 Å². The van der Waals surface area contributed by atoms with Gasteiger partial charge in [0.1, 0.15) is 0 Å². The van der Waals surface area contributed by atoms with Gasteiger partial charge in [0.2, 0.25) is 0 Å². The topological polar surface area (TPSA) is 48.3 Å². The number of unbranched alkanes of at least 4 members (excludes halogenated alkanes) is 4. The molecule has 0 bridgehead atoms. The predicted octanol–water partition coefficient (Wildman–Crippen LogP) is 6.58. The van der Waals surface area contributed by atoms with Crippen molar-refractivity contribution in [3.8, 4) is 0 Å². The van der Waals surface area contributed by atoms with Gasteiger partial charge in [-0.15, -0.1) is 0 Å². The average molecular weight is 424 g/mol. The van der Waals surface area contributed by atoms with Gasteiger partial charge < -0.3 is 9.30 Å². The van der Waals surface area contributed by atoms with E-state index >= 15 is 0 Å². The van der Waals surface area contributed by atoms with E-state index in [0.29, 0.717) is 12.4 Å². The van der Waals surface area contributed by atoms with Crippen LogP contribution < -0.4 is 0 Å². The highest BCUT2D eigenvalue weighted by Crippen LogP contribution is 2.69. The van der Waals surface area contributed by atoms with Crippen LogP contribution in [0.1, 0.15) is 77.1 Å². The van der Waals surface area contributed by atoms with Crippen LogP contribution in [0, 0.1) is 16.7 Å². The van der Waals surface area contributed by atoms with E-state index < -0.39 is 0 Å². The molecule has 0 N–H and O–H groups in total. The number of rotatable bonds is 11. The number of carbonyl (C=O) groups is 2. The molecule has 3 rings (SSSR count). The second-order valence-corrected chi connectivity index (χ2v) is 9.85. The van der Waals surface area contributed by atoms with E-state index in [9.17, 15) is 9.59 Å². The van der Waals surface area contributed by atoms with Crippen molar-refractivity contribution in [2.45, 2.75) is 73.3 Å². The largest absolute Gasteiger partial charge is 0.463 e. The van der Waals surface area contributed by atoms with Crippen molar-refractivity contribution in [1.29, 1.82) is 0 Å². The third kappa shape index (κ3) is 4.78. The minimum atomic E-state index is -0.259. The molecule has 0 unspecified atom stereocenters. The van der Waals surface area contributed by atoms with E-state index in [1.54, 1.807) is 0 Å². The van der Waals surface area contributed by atoms with Crippen LogP contribution in [-0.2, 0) is 16.1 Å². The number of allylic oxidation sites excluding steroid dienone is 1. The Bertz CT molecular complexity index is 950. The van der Waals surface area contributed by atoms with Gasteiger partial charge in [0.15, 0.2) is 5.78 Å². The summed E-state index contributed by atoms with van der Waals surface area (Å²) in [5.74, 6) is 0.116. The first-order valence-electron chi connectivity index (χ1n) is 11.7. The highest BCUT2D eigenvalue weighted by molar-refractivity contribution is 6.11. The van der Waals surface area contributed by atoms with Crippen LogP contribution in [0.5, 0.6) is 0 Å². The zero-order chi connectivity index (χ0) is 22.6. The van der Waals surface area contributed by atoms with Crippen LogP contribution in [0.15, 0.2) is 42.6 Å². The van der Waals surface area contributed by atoms with E-state index in [2.05, 4.69) is 50.6 Å². The number of aromatic nitrogens is 1. The van der Waals surface area contributed by atoms with Crippen molar-refractivity contribution >= 4 is 22.7 Å². The minimum absolute atomic E-state index is 0.0506. The molecule has 0 amide bonds. The standard InChI is InChI=1S/C27H37NO3/c1-6-31-23(29)17-11-9-7-8-10-14-18-28-19-21(20-15-12-13-16-22(20)28)24(30)25-26(2,3)27(25,4)5/h11-13,15-17,19,25H,6-10,14,18H2,1-5H3/b17-11+. The molecule has 1 saturated carbocycles. The molecule has 2 aromatic rings. The fraction of sp³-hybridized carbons (Fsp3) is 0.556. The van der Waals surface area contributed by atoms with Crippen LogP contribution in [0.25, 0.3) is 10.9 Å². The molecule has 1 aliphatic rings. The Balaban J connectivity index is 1.55. The molecule has 1 fully saturated rings. The predicted molar refractivity (Wildman–Crippen MR) is 126 cm³/mol. The molecule has 1 aromatic heterocycles. The molecule has 0 atom stereocenters. The number of para-hydroxylation sites is 1. The Labute approximate surface area is 186 Å². The lowest BCUT2D eigenvalue weighted by Crippen LogP contribution is -2.07. The van der Waals surface area contributed by atoms with Crippen LogP contribution in [0.4, 0.5) is 0 Å². The molecule has 1 aromatic carbocycles. The number of fused-ring (bicyclic) bond motifs is 1. The zero-order valence-corrected chi connectivity index (χ0v) is 19.7. The molecule has 0 spiro atoms. The summed E-state index contributed by atoms with van der Waals surface area (Å²) in [6, 6.07) is 8.28. The van der Waals surface area contributed by atoms with Crippen molar-refractivity contribution in [3.63, 3.8) is 0 Å². The monoisotopic (exact) mass is 423 g/mol. The summed E-state index contributed by atoms with van der Waals surface area (Å²) in [5.41, 5.74) is 2.13. The fourth-order valence-electron chi connectivity index (χ4n) is 4.90. The third-order valence-corrected chi connectivity index (χ3v) is 7.40. The smallest absolute Gasteiger partial charge is 0.330 e. The fourth-order valence-corrected chi connectivity index (χ4v) is 4.90. The molecule has 4 heteroatoms. The Morgan fingerprint density at radius 1 is 1.03 bits per heavy atom. The first kappa shape index (κ1) is 23.3. The van der Waals surface area contributed by atoms with E-state index in [0.717, 1.165) is 55.1 Å². The van der Waals surface area contributed by atoms with Crippen molar-refractivity contribution in [2.75, 3.05) is 6.61 Å². The maximum atomic E-state index is 13.4. The number of aryl methyl sites for hydroxylation is 1. The SMILES string of the molecule is CCOC(=O)/C=C/CCCCCCn1cc(C(=O)C2C(C)(C)C2(C)C)c2ccccc21. The lowest BCUT2D eigenvalue weighted by atomic mass is 10.0. The number of ketones is 1. The normalized spacial score (nSPS) is 17.3. The molecule has 4 nitrogen and oxygen atoms in total. The van der Waals surface area contributed by atoms with Gasteiger partial charge in [-0.2, -0.15) is 0 Å². The number of Topliss-reactive ketones (excluding diaryl/α,β-unsaturated/α-hetero) is 1. The first-order chi connectivity index (χ1) is 14.7. The average Bonchev–Trinajstić information content (AvgIpc) is 2.99. The van der Waals surface area contributed by atoms with Crippen molar-refractivity contribution < 1.29 is 14.3 Å². The molecule has 31 heavy (non-hydrogen) atoms. The highest BCUT2D eigenvalue weighted by Gasteiger charge is 2.68. The van der Waals surface area contributed by atoms with Crippen molar-refractivity contribution in [3.05, 3.63) is 48.2 Å². The van der Waals surface area contributed by atoms with Gasteiger partial charge in [-0.1, -0.05) is 64.8 Å². The maximum absolute atomic E-state index is 13.4. The van der Waals surface area contributed by atoms with Gasteiger partial charge in [-0.3, -0.25) is 4.79 Å². The van der Waals surface area contributed by atoms with Gasteiger partial charge in [-0.05, 0) is 43.1 Å². The number of esters is 1. The van der Waals surface area contributed by atoms with E-state index in [1.165, 1.54) is 6.08 Å². The molecular formula is C27H37NO3. The summed E-state index contributed by atoms with van der Waals surface area (Å²) in [5, 5.41) is 1.08. The quantitative estimate of drug-likeness (QED) is 0.178. The van der Waals surface area contributed by atoms with E-state index in [-0.39, 0.29) is 22.7 Å². The first-order valence-corrected chi connectivity index (χ1v) is 11.7. The van der Waals surface area contributed by atoms with Crippen LogP contribution in [0.2, 0.25) is 0 Å². The molecule has 1 aliphatic carbocycles. The summed E-state index contributed by atoms with van der Waals surface area (Å²) in [6.07, 6.45) is 10.8. The molecule has 0 aliphatic heterocycles. The van der Waals surface area contributed by atoms with Gasteiger partial charge in [-0.25, -0.2) is 4.79 Å². The lowest BCUT2D eigenvalue weighted by molar-refractivity contribution is -0.137. The maximum Gasteiger partial charge on any atom is 0.330 e. The molecular weight excluding hydrogens is 386 g/mol. The lowest BCUT2D eigenvalue weighted by Gasteiger charge is -2.05. The Morgan fingerprint density at radius 3 is 2.39 bits per heavy atom.